The van der Waals surface area contributed by atoms with Crippen LogP contribution in [0.5, 0.6) is 0 Å². The Morgan fingerprint density at radius 2 is 2.43 bits per heavy atom. The highest BCUT2D eigenvalue weighted by Gasteiger charge is 2.22. The molecule has 14 heavy (non-hydrogen) atoms. The van der Waals surface area contributed by atoms with Crippen molar-refractivity contribution >= 4 is 0 Å². The summed E-state index contributed by atoms with van der Waals surface area (Å²) in [4.78, 5) is 5.42. The second kappa shape index (κ2) is 4.15. The number of aryl methyl sites for hydroxylation is 1. The Morgan fingerprint density at radius 1 is 1.57 bits per heavy atom. The lowest BCUT2D eigenvalue weighted by Crippen LogP contribution is -2.27. The van der Waals surface area contributed by atoms with Crippen molar-refractivity contribution in [2.45, 2.75) is 45.3 Å². The van der Waals surface area contributed by atoms with Gasteiger partial charge >= 0.3 is 0 Å². The molecule has 1 aromatic rings. The smallest absolute Gasteiger partial charge is 0.108 e. The minimum atomic E-state index is 0.215. The molecule has 0 amide bonds. The van der Waals surface area contributed by atoms with Gasteiger partial charge in [0.25, 0.3) is 0 Å². The molecule has 2 rings (SSSR count). The van der Waals surface area contributed by atoms with Crippen LogP contribution >= 0.6 is 0 Å². The van der Waals surface area contributed by atoms with Crippen molar-refractivity contribution in [3.05, 3.63) is 23.7 Å². The van der Waals surface area contributed by atoms with Crippen LogP contribution < -0.4 is 5.48 Å². The number of hydroxylamine groups is 1. The minimum Gasteiger partial charge on any atom is -0.469 e. The van der Waals surface area contributed by atoms with E-state index in [1.54, 1.807) is 6.26 Å². The zero-order valence-electron chi connectivity index (χ0n) is 8.75. The molecule has 0 bridgehead atoms. The summed E-state index contributed by atoms with van der Waals surface area (Å²) >= 11 is 0. The molecule has 1 atom stereocenters. The lowest BCUT2D eigenvalue weighted by molar-refractivity contribution is -0.0301. The van der Waals surface area contributed by atoms with Gasteiger partial charge in [0, 0.05) is 12.0 Å². The standard InChI is InChI=1S/C11H17NO2/c1-8(2)14-12-10-4-3-5-11-9(10)6-7-13-11/h6-8,10,12H,3-5H2,1-2H3. The van der Waals surface area contributed by atoms with Crippen LogP contribution in [0.2, 0.25) is 0 Å². The first-order valence-electron chi connectivity index (χ1n) is 5.25. The Kier molecular flexibility index (Phi) is 2.89. The van der Waals surface area contributed by atoms with Gasteiger partial charge in [-0.2, -0.15) is 5.48 Å². The van der Waals surface area contributed by atoms with Crippen molar-refractivity contribution in [3.63, 3.8) is 0 Å². The van der Waals surface area contributed by atoms with E-state index in [2.05, 4.69) is 5.48 Å². The second-order valence-corrected chi connectivity index (χ2v) is 4.03. The van der Waals surface area contributed by atoms with E-state index in [1.807, 2.05) is 19.9 Å². The van der Waals surface area contributed by atoms with Crippen molar-refractivity contribution in [3.8, 4) is 0 Å². The third-order valence-corrected chi connectivity index (χ3v) is 2.50. The molecule has 78 valence electrons. The maximum absolute atomic E-state index is 5.42. The van der Waals surface area contributed by atoms with E-state index in [4.69, 9.17) is 9.25 Å². The Hall–Kier alpha value is -0.800. The summed E-state index contributed by atoms with van der Waals surface area (Å²) in [6, 6.07) is 2.34. The first-order valence-corrected chi connectivity index (χ1v) is 5.25. The average molecular weight is 195 g/mol. The van der Waals surface area contributed by atoms with Crippen LogP contribution in [0.15, 0.2) is 16.7 Å². The summed E-state index contributed by atoms with van der Waals surface area (Å²) in [7, 11) is 0. The van der Waals surface area contributed by atoms with Crippen molar-refractivity contribution in [1.29, 1.82) is 0 Å². The lowest BCUT2D eigenvalue weighted by Gasteiger charge is -2.23. The van der Waals surface area contributed by atoms with E-state index in [0.717, 1.165) is 18.6 Å². The van der Waals surface area contributed by atoms with Crippen molar-refractivity contribution in [2.75, 3.05) is 0 Å². The molecular formula is C11H17NO2. The zero-order valence-corrected chi connectivity index (χ0v) is 8.75. The highest BCUT2D eigenvalue weighted by Crippen LogP contribution is 2.30. The van der Waals surface area contributed by atoms with Crippen LogP contribution in [0.3, 0.4) is 0 Å². The summed E-state index contributed by atoms with van der Waals surface area (Å²) < 4.78 is 5.40. The van der Waals surface area contributed by atoms with Crippen molar-refractivity contribution in [2.24, 2.45) is 0 Å². The van der Waals surface area contributed by atoms with E-state index >= 15 is 0 Å². The molecule has 1 aliphatic rings. The monoisotopic (exact) mass is 195 g/mol. The first-order chi connectivity index (χ1) is 6.77. The van der Waals surface area contributed by atoms with Gasteiger partial charge in [-0.05, 0) is 32.8 Å². The van der Waals surface area contributed by atoms with Crippen LogP contribution in [-0.2, 0) is 11.3 Å². The Balaban J connectivity index is 2.01. The molecule has 0 aromatic carbocycles. The highest BCUT2D eigenvalue weighted by atomic mass is 16.7. The third kappa shape index (κ3) is 1.99. The fraction of sp³-hybridized carbons (Fsp3) is 0.636. The van der Waals surface area contributed by atoms with E-state index in [0.29, 0.717) is 6.04 Å². The molecule has 0 fully saturated rings. The molecule has 1 heterocycles. The molecule has 1 unspecified atom stereocenters. The van der Waals surface area contributed by atoms with Crippen LogP contribution in [0.4, 0.5) is 0 Å². The summed E-state index contributed by atoms with van der Waals surface area (Å²) in [6.45, 7) is 4.04. The fourth-order valence-electron chi connectivity index (χ4n) is 1.83. The lowest BCUT2D eigenvalue weighted by atomic mass is 9.94. The Labute approximate surface area is 84.4 Å². The van der Waals surface area contributed by atoms with Crippen molar-refractivity contribution in [1.82, 2.24) is 5.48 Å². The number of rotatable bonds is 3. The molecular weight excluding hydrogens is 178 g/mol. The summed E-state index contributed by atoms with van der Waals surface area (Å²) in [5.74, 6) is 1.11. The Bertz CT molecular complexity index is 293. The van der Waals surface area contributed by atoms with Gasteiger partial charge in [0.15, 0.2) is 0 Å². The molecule has 1 N–H and O–H groups in total. The van der Waals surface area contributed by atoms with Gasteiger partial charge < -0.3 is 4.42 Å². The van der Waals surface area contributed by atoms with E-state index < -0.39 is 0 Å². The normalized spacial score (nSPS) is 21.2. The summed E-state index contributed by atoms with van der Waals surface area (Å²) in [5, 5.41) is 0. The number of fused-ring (bicyclic) bond motifs is 1. The fourth-order valence-corrected chi connectivity index (χ4v) is 1.83. The molecule has 0 saturated carbocycles. The highest BCUT2D eigenvalue weighted by molar-refractivity contribution is 5.23. The average Bonchev–Trinajstić information content (AvgIpc) is 2.62. The minimum absolute atomic E-state index is 0.215. The molecule has 0 radical (unpaired) electrons. The largest absolute Gasteiger partial charge is 0.469 e. The number of furan rings is 1. The van der Waals surface area contributed by atoms with E-state index in [1.165, 1.54) is 12.0 Å². The molecule has 0 aliphatic heterocycles. The number of hydrogen-bond acceptors (Lipinski definition) is 3. The molecule has 3 heteroatoms. The van der Waals surface area contributed by atoms with Gasteiger partial charge in [-0.25, -0.2) is 0 Å². The topological polar surface area (TPSA) is 34.4 Å². The number of nitrogens with one attached hydrogen (secondary N) is 1. The molecule has 0 saturated heterocycles. The third-order valence-electron chi connectivity index (χ3n) is 2.50. The molecule has 1 aromatic heterocycles. The predicted molar refractivity (Wildman–Crippen MR) is 53.7 cm³/mol. The molecule has 0 spiro atoms. The van der Waals surface area contributed by atoms with Crippen LogP contribution in [0.1, 0.15) is 44.1 Å². The predicted octanol–water partition coefficient (Wildman–Crippen LogP) is 2.59. The van der Waals surface area contributed by atoms with Gasteiger partial charge in [-0.1, -0.05) is 0 Å². The zero-order chi connectivity index (χ0) is 9.97. The maximum Gasteiger partial charge on any atom is 0.108 e. The molecule has 1 aliphatic carbocycles. The summed E-state index contributed by atoms with van der Waals surface area (Å²) in [5.41, 5.74) is 4.36. The van der Waals surface area contributed by atoms with Gasteiger partial charge in [-0.15, -0.1) is 0 Å². The molecule has 3 nitrogen and oxygen atoms in total. The second-order valence-electron chi connectivity index (χ2n) is 4.03. The van der Waals surface area contributed by atoms with Crippen LogP contribution in [0.25, 0.3) is 0 Å². The maximum atomic E-state index is 5.42. The SMILES string of the molecule is CC(C)ONC1CCCc2occc21. The van der Waals surface area contributed by atoms with Gasteiger partial charge in [0.2, 0.25) is 0 Å². The van der Waals surface area contributed by atoms with E-state index in [-0.39, 0.29) is 6.10 Å². The van der Waals surface area contributed by atoms with Crippen LogP contribution in [0, 0.1) is 0 Å². The van der Waals surface area contributed by atoms with Gasteiger partial charge in [0.05, 0.1) is 18.4 Å². The van der Waals surface area contributed by atoms with Gasteiger partial charge in [0.1, 0.15) is 5.76 Å². The Morgan fingerprint density at radius 3 is 3.21 bits per heavy atom. The van der Waals surface area contributed by atoms with E-state index in [9.17, 15) is 0 Å². The van der Waals surface area contributed by atoms with Gasteiger partial charge in [-0.3, -0.25) is 4.84 Å². The van der Waals surface area contributed by atoms with Crippen LogP contribution in [-0.4, -0.2) is 6.10 Å². The summed E-state index contributed by atoms with van der Waals surface area (Å²) in [6.07, 6.45) is 5.33. The van der Waals surface area contributed by atoms with Crippen molar-refractivity contribution < 1.29 is 9.25 Å². The number of hydrogen-bond donors (Lipinski definition) is 1. The quantitative estimate of drug-likeness (QED) is 0.753. The first kappa shape index (κ1) is 9.74.